The fraction of sp³-hybridized carbons (Fsp3) is 0. The van der Waals surface area contributed by atoms with Crippen molar-refractivity contribution in [1.82, 2.24) is 0 Å². The summed E-state index contributed by atoms with van der Waals surface area (Å²) in [4.78, 5) is 12.3. The number of ether oxygens (including phenoxy) is 1. The van der Waals surface area contributed by atoms with E-state index in [0.29, 0.717) is 22.9 Å². The highest BCUT2D eigenvalue weighted by Crippen LogP contribution is 2.23. The van der Waals surface area contributed by atoms with Gasteiger partial charge in [-0.15, -0.1) is 0 Å². The molecule has 3 aromatic carbocycles. The van der Waals surface area contributed by atoms with Gasteiger partial charge in [0, 0.05) is 17.6 Å². The fourth-order valence-electron chi connectivity index (χ4n) is 2.29. The number of benzene rings is 3. The molecule has 3 N–H and O–H groups in total. The van der Waals surface area contributed by atoms with Crippen molar-refractivity contribution in [3.8, 4) is 23.3 Å². The van der Waals surface area contributed by atoms with Gasteiger partial charge in [-0.2, -0.15) is 5.26 Å². The van der Waals surface area contributed by atoms with E-state index in [2.05, 4.69) is 10.6 Å². The zero-order valence-corrected chi connectivity index (χ0v) is 14.8. The number of anilines is 2. The van der Waals surface area contributed by atoms with Crippen molar-refractivity contribution in [1.29, 1.82) is 5.26 Å². The van der Waals surface area contributed by atoms with Gasteiger partial charge in [-0.1, -0.05) is 18.2 Å². The Morgan fingerprint density at radius 3 is 2.14 bits per heavy atom. The van der Waals surface area contributed by atoms with E-state index in [1.165, 1.54) is 18.3 Å². The number of nitrogens with zero attached hydrogens (tertiary/aromatic N) is 1. The summed E-state index contributed by atoms with van der Waals surface area (Å²) in [7, 11) is 0. The molecule has 0 spiro atoms. The molecule has 3 aromatic rings. The van der Waals surface area contributed by atoms with Crippen LogP contribution in [-0.4, -0.2) is 11.0 Å². The van der Waals surface area contributed by atoms with Gasteiger partial charge < -0.3 is 20.5 Å². The molecule has 0 fully saturated rings. The standard InChI is InChI=1S/C22H17N3O3/c23-14-16(15-24-17-6-10-19(26)11-7-17)22(27)25-18-8-12-21(13-9-18)28-20-4-2-1-3-5-20/h1-13,15,24,26H,(H,25,27)/b16-15-. The van der Waals surface area contributed by atoms with Gasteiger partial charge in [-0.25, -0.2) is 0 Å². The topological polar surface area (TPSA) is 94.4 Å². The fourth-order valence-corrected chi connectivity index (χ4v) is 2.29. The van der Waals surface area contributed by atoms with E-state index >= 15 is 0 Å². The number of nitriles is 1. The summed E-state index contributed by atoms with van der Waals surface area (Å²) in [5.41, 5.74) is 1.09. The van der Waals surface area contributed by atoms with E-state index < -0.39 is 5.91 Å². The number of carbonyl (C=O) groups is 1. The van der Waals surface area contributed by atoms with E-state index in [1.807, 2.05) is 36.4 Å². The lowest BCUT2D eigenvalue weighted by Gasteiger charge is -2.08. The Morgan fingerprint density at radius 1 is 0.893 bits per heavy atom. The van der Waals surface area contributed by atoms with Crippen LogP contribution in [0.25, 0.3) is 0 Å². The summed E-state index contributed by atoms with van der Waals surface area (Å²) in [6.45, 7) is 0. The van der Waals surface area contributed by atoms with Gasteiger partial charge in [-0.05, 0) is 60.7 Å². The van der Waals surface area contributed by atoms with Crippen LogP contribution in [0.4, 0.5) is 11.4 Å². The molecule has 6 nitrogen and oxygen atoms in total. The Morgan fingerprint density at radius 2 is 1.50 bits per heavy atom. The van der Waals surface area contributed by atoms with Crippen LogP contribution in [-0.2, 0) is 4.79 Å². The molecule has 0 aliphatic carbocycles. The summed E-state index contributed by atoms with van der Waals surface area (Å²) in [5, 5.41) is 24.0. The molecule has 138 valence electrons. The monoisotopic (exact) mass is 371 g/mol. The molecule has 0 bridgehead atoms. The van der Waals surface area contributed by atoms with Gasteiger partial charge >= 0.3 is 0 Å². The van der Waals surface area contributed by atoms with Crippen molar-refractivity contribution < 1.29 is 14.6 Å². The largest absolute Gasteiger partial charge is 0.508 e. The SMILES string of the molecule is N#C/C(=C/Nc1ccc(O)cc1)C(=O)Nc1ccc(Oc2ccccc2)cc1. The van der Waals surface area contributed by atoms with Crippen molar-refractivity contribution >= 4 is 17.3 Å². The number of rotatable bonds is 6. The number of hydrogen-bond acceptors (Lipinski definition) is 5. The second-order valence-electron chi connectivity index (χ2n) is 5.75. The van der Waals surface area contributed by atoms with Crippen LogP contribution >= 0.6 is 0 Å². The van der Waals surface area contributed by atoms with Crippen LogP contribution in [0.1, 0.15) is 0 Å². The molecule has 6 heteroatoms. The average molecular weight is 371 g/mol. The second kappa shape index (κ2) is 8.92. The predicted octanol–water partition coefficient (Wildman–Crippen LogP) is 4.64. The minimum Gasteiger partial charge on any atom is -0.508 e. The van der Waals surface area contributed by atoms with Crippen LogP contribution in [0.3, 0.4) is 0 Å². The first-order chi connectivity index (χ1) is 13.6. The van der Waals surface area contributed by atoms with E-state index in [0.717, 1.165) is 0 Å². The molecule has 0 unspecified atom stereocenters. The Kier molecular flexibility index (Phi) is 5.91. The number of amides is 1. The van der Waals surface area contributed by atoms with Crippen molar-refractivity contribution in [2.24, 2.45) is 0 Å². The minimum atomic E-state index is -0.537. The molecule has 0 aromatic heterocycles. The highest BCUT2D eigenvalue weighted by molar-refractivity contribution is 6.06. The smallest absolute Gasteiger partial charge is 0.267 e. The van der Waals surface area contributed by atoms with Crippen molar-refractivity contribution in [3.63, 3.8) is 0 Å². The normalized spacial score (nSPS) is 10.6. The van der Waals surface area contributed by atoms with Crippen molar-refractivity contribution in [3.05, 3.63) is 90.6 Å². The molecule has 0 saturated carbocycles. The lowest BCUT2D eigenvalue weighted by atomic mass is 10.2. The molecular formula is C22H17N3O3. The minimum absolute atomic E-state index is 0.0855. The Labute approximate surface area is 162 Å². The van der Waals surface area contributed by atoms with Gasteiger partial charge in [-0.3, -0.25) is 4.79 Å². The average Bonchev–Trinajstić information content (AvgIpc) is 2.72. The number of nitrogens with one attached hydrogen (secondary N) is 2. The molecule has 0 radical (unpaired) electrons. The third-order valence-electron chi connectivity index (χ3n) is 3.71. The first-order valence-electron chi connectivity index (χ1n) is 8.44. The van der Waals surface area contributed by atoms with Gasteiger partial charge in [0.15, 0.2) is 0 Å². The van der Waals surface area contributed by atoms with Crippen LogP contribution < -0.4 is 15.4 Å². The highest BCUT2D eigenvalue weighted by Gasteiger charge is 2.09. The van der Waals surface area contributed by atoms with Gasteiger partial charge in [0.05, 0.1) is 0 Å². The maximum atomic E-state index is 12.3. The quantitative estimate of drug-likeness (QED) is 0.333. The summed E-state index contributed by atoms with van der Waals surface area (Å²) in [6, 6.07) is 24.3. The molecule has 0 heterocycles. The summed E-state index contributed by atoms with van der Waals surface area (Å²) in [6.07, 6.45) is 1.31. The number of carbonyl (C=O) groups excluding carboxylic acids is 1. The third-order valence-corrected chi connectivity index (χ3v) is 3.71. The van der Waals surface area contributed by atoms with Crippen molar-refractivity contribution in [2.45, 2.75) is 0 Å². The maximum absolute atomic E-state index is 12.3. The predicted molar refractivity (Wildman–Crippen MR) is 107 cm³/mol. The van der Waals surface area contributed by atoms with E-state index in [4.69, 9.17) is 4.74 Å². The second-order valence-corrected chi connectivity index (χ2v) is 5.75. The Hall–Kier alpha value is -4.24. The number of phenols is 1. The van der Waals surface area contributed by atoms with Gasteiger partial charge in [0.25, 0.3) is 5.91 Å². The van der Waals surface area contributed by atoms with Crippen LogP contribution in [0.2, 0.25) is 0 Å². The molecule has 1 amide bonds. The van der Waals surface area contributed by atoms with E-state index in [9.17, 15) is 15.2 Å². The number of phenolic OH excluding ortho intramolecular Hbond substituents is 1. The Balaban J connectivity index is 1.61. The lowest BCUT2D eigenvalue weighted by Crippen LogP contribution is -2.14. The molecule has 28 heavy (non-hydrogen) atoms. The highest BCUT2D eigenvalue weighted by atomic mass is 16.5. The van der Waals surface area contributed by atoms with Crippen molar-refractivity contribution in [2.75, 3.05) is 10.6 Å². The molecule has 0 saturated heterocycles. The summed E-state index contributed by atoms with van der Waals surface area (Å²) < 4.78 is 5.70. The zero-order valence-electron chi connectivity index (χ0n) is 14.8. The molecule has 0 aliphatic rings. The molecular weight excluding hydrogens is 354 g/mol. The summed E-state index contributed by atoms with van der Waals surface area (Å²) >= 11 is 0. The maximum Gasteiger partial charge on any atom is 0.267 e. The molecule has 0 aliphatic heterocycles. The molecule has 3 rings (SSSR count). The van der Waals surface area contributed by atoms with Gasteiger partial charge in [0.2, 0.25) is 0 Å². The van der Waals surface area contributed by atoms with E-state index in [-0.39, 0.29) is 11.3 Å². The summed E-state index contributed by atoms with van der Waals surface area (Å²) in [5.74, 6) is 0.946. The number of para-hydroxylation sites is 1. The Bertz CT molecular complexity index is 1010. The van der Waals surface area contributed by atoms with Crippen LogP contribution in [0.5, 0.6) is 17.2 Å². The first kappa shape index (κ1) is 18.5. The first-order valence-corrected chi connectivity index (χ1v) is 8.44. The number of hydrogen-bond donors (Lipinski definition) is 3. The van der Waals surface area contributed by atoms with E-state index in [1.54, 1.807) is 36.4 Å². The van der Waals surface area contributed by atoms with Crippen LogP contribution in [0, 0.1) is 11.3 Å². The van der Waals surface area contributed by atoms with Gasteiger partial charge in [0.1, 0.15) is 28.9 Å². The lowest BCUT2D eigenvalue weighted by molar-refractivity contribution is -0.112. The zero-order chi connectivity index (χ0) is 19.8. The third kappa shape index (κ3) is 5.13. The van der Waals surface area contributed by atoms with Crippen LogP contribution in [0.15, 0.2) is 90.6 Å². The molecule has 0 atom stereocenters. The number of aromatic hydroxyl groups is 1.